The van der Waals surface area contributed by atoms with Crippen molar-refractivity contribution in [3.63, 3.8) is 0 Å². The van der Waals surface area contributed by atoms with Gasteiger partial charge in [-0.2, -0.15) is 0 Å². The van der Waals surface area contributed by atoms with E-state index in [2.05, 4.69) is 77.9 Å². The molecule has 4 aliphatic rings. The highest BCUT2D eigenvalue weighted by Crippen LogP contribution is 2.39. The van der Waals surface area contributed by atoms with E-state index in [-0.39, 0.29) is 12.6 Å². The minimum Gasteiger partial charge on any atom is -0.493 e. The SMILES string of the molecule is CN1CCC(=C2c3ccccc3C=Cc3ccccc32)CC1.Fc1ccc([C@@H]2CCNC[C@H]2COc2ccc3c(c2)OCO3)cc1. The Morgan fingerprint density at radius 3 is 2.22 bits per heavy atom. The first-order valence-electron chi connectivity index (χ1n) is 16.4. The third-order valence-electron chi connectivity index (χ3n) is 9.56. The Morgan fingerprint density at radius 1 is 0.826 bits per heavy atom. The lowest BCUT2D eigenvalue weighted by Crippen LogP contribution is -2.38. The number of nitrogens with one attached hydrogen (secondary N) is 1. The van der Waals surface area contributed by atoms with E-state index in [0.717, 1.165) is 49.8 Å². The summed E-state index contributed by atoms with van der Waals surface area (Å²) in [5.41, 5.74) is 9.72. The molecule has 4 aromatic carbocycles. The maximum Gasteiger partial charge on any atom is 0.231 e. The van der Waals surface area contributed by atoms with Gasteiger partial charge in [-0.3, -0.25) is 0 Å². The predicted octanol–water partition coefficient (Wildman–Crippen LogP) is 8.02. The molecule has 6 heteroatoms. The minimum absolute atomic E-state index is 0.194. The van der Waals surface area contributed by atoms with Crippen LogP contribution >= 0.6 is 0 Å². The summed E-state index contributed by atoms with van der Waals surface area (Å²) in [6.07, 6.45) is 7.90. The Kier molecular flexibility index (Phi) is 9.17. The predicted molar refractivity (Wildman–Crippen MR) is 183 cm³/mol. The van der Waals surface area contributed by atoms with Crippen LogP contribution in [-0.2, 0) is 0 Å². The largest absolute Gasteiger partial charge is 0.493 e. The zero-order valence-corrected chi connectivity index (χ0v) is 26.4. The molecule has 0 aromatic heterocycles. The van der Waals surface area contributed by atoms with Gasteiger partial charge in [-0.15, -0.1) is 0 Å². The van der Waals surface area contributed by atoms with Crippen molar-refractivity contribution in [2.24, 2.45) is 5.92 Å². The molecule has 2 saturated heterocycles. The molecule has 1 aliphatic carbocycles. The van der Waals surface area contributed by atoms with Gasteiger partial charge in [0.1, 0.15) is 11.6 Å². The van der Waals surface area contributed by atoms with E-state index < -0.39 is 0 Å². The normalized spacial score (nSPS) is 20.2. The lowest BCUT2D eigenvalue weighted by atomic mass is 9.81. The van der Waals surface area contributed by atoms with Crippen LogP contribution in [0.2, 0.25) is 0 Å². The van der Waals surface area contributed by atoms with Crippen molar-refractivity contribution < 1.29 is 18.6 Å². The summed E-state index contributed by atoms with van der Waals surface area (Å²) >= 11 is 0. The quantitative estimate of drug-likeness (QED) is 0.222. The van der Waals surface area contributed by atoms with Crippen LogP contribution in [0.1, 0.15) is 53.0 Å². The molecular weight excluding hydrogens is 575 g/mol. The fraction of sp³-hybridized carbons (Fsp3) is 0.300. The van der Waals surface area contributed by atoms with Crippen molar-refractivity contribution in [1.82, 2.24) is 10.2 Å². The van der Waals surface area contributed by atoms with Crippen LogP contribution in [-0.4, -0.2) is 51.5 Å². The first kappa shape index (κ1) is 30.3. The van der Waals surface area contributed by atoms with Gasteiger partial charge >= 0.3 is 0 Å². The summed E-state index contributed by atoms with van der Waals surface area (Å²) in [5, 5.41) is 3.43. The molecule has 0 radical (unpaired) electrons. The van der Waals surface area contributed by atoms with Gasteiger partial charge in [0.2, 0.25) is 6.79 Å². The Labute approximate surface area is 271 Å². The van der Waals surface area contributed by atoms with Crippen molar-refractivity contribution >= 4 is 17.7 Å². The molecule has 2 atom stereocenters. The smallest absolute Gasteiger partial charge is 0.231 e. The monoisotopic (exact) mass is 616 g/mol. The first-order chi connectivity index (χ1) is 22.6. The fourth-order valence-electron chi connectivity index (χ4n) is 7.00. The topological polar surface area (TPSA) is 43.0 Å². The van der Waals surface area contributed by atoms with E-state index in [1.54, 1.807) is 5.57 Å². The molecule has 3 aliphatic heterocycles. The summed E-state index contributed by atoms with van der Waals surface area (Å²) in [4.78, 5) is 2.43. The third kappa shape index (κ3) is 6.74. The summed E-state index contributed by atoms with van der Waals surface area (Å²) < 4.78 is 29.9. The van der Waals surface area contributed by atoms with Crippen molar-refractivity contribution in [2.45, 2.75) is 25.2 Å². The number of piperidine rings is 2. The molecule has 5 nitrogen and oxygen atoms in total. The summed E-state index contributed by atoms with van der Waals surface area (Å²) in [5.74, 6) is 2.79. The zero-order valence-electron chi connectivity index (χ0n) is 26.4. The number of fused-ring (bicyclic) bond motifs is 3. The van der Waals surface area contributed by atoms with Gasteiger partial charge in [0.15, 0.2) is 11.5 Å². The first-order valence-corrected chi connectivity index (χ1v) is 16.4. The molecular formula is C40H41FN2O3. The second-order valence-corrected chi connectivity index (χ2v) is 12.5. The maximum atomic E-state index is 13.2. The van der Waals surface area contributed by atoms with Crippen molar-refractivity contribution in [3.05, 3.63) is 130 Å². The van der Waals surface area contributed by atoms with Gasteiger partial charge in [0, 0.05) is 31.6 Å². The number of likely N-dealkylation sites (tertiary alicyclic amines) is 1. The van der Waals surface area contributed by atoms with Crippen LogP contribution in [0.4, 0.5) is 4.39 Å². The number of hydrogen-bond acceptors (Lipinski definition) is 5. The molecule has 46 heavy (non-hydrogen) atoms. The number of ether oxygens (including phenoxy) is 3. The van der Waals surface area contributed by atoms with Gasteiger partial charge in [0.25, 0.3) is 0 Å². The highest BCUT2D eigenvalue weighted by atomic mass is 19.1. The van der Waals surface area contributed by atoms with E-state index in [9.17, 15) is 4.39 Å². The second kappa shape index (κ2) is 13.9. The molecule has 8 rings (SSSR count). The van der Waals surface area contributed by atoms with E-state index in [1.807, 2.05) is 30.3 Å². The average Bonchev–Trinajstić information content (AvgIpc) is 3.50. The van der Waals surface area contributed by atoms with Gasteiger partial charge in [0.05, 0.1) is 6.61 Å². The van der Waals surface area contributed by atoms with Crippen LogP contribution < -0.4 is 19.5 Å². The molecule has 0 bridgehead atoms. The molecule has 0 amide bonds. The summed E-state index contributed by atoms with van der Waals surface area (Å²) in [7, 11) is 2.22. The van der Waals surface area contributed by atoms with E-state index in [1.165, 1.54) is 58.4 Å². The van der Waals surface area contributed by atoms with Crippen molar-refractivity contribution in [2.75, 3.05) is 46.6 Å². The van der Waals surface area contributed by atoms with E-state index in [0.29, 0.717) is 18.4 Å². The Bertz CT molecular complexity index is 1670. The Morgan fingerprint density at radius 2 is 1.50 bits per heavy atom. The Hall–Kier alpha value is -4.39. The maximum absolute atomic E-state index is 13.2. The highest BCUT2D eigenvalue weighted by Gasteiger charge is 2.27. The number of nitrogens with zero attached hydrogens (tertiary/aromatic N) is 1. The minimum atomic E-state index is -0.194. The van der Waals surface area contributed by atoms with Crippen LogP contribution in [0.15, 0.2) is 96.6 Å². The van der Waals surface area contributed by atoms with E-state index >= 15 is 0 Å². The highest BCUT2D eigenvalue weighted by molar-refractivity contribution is 5.94. The second-order valence-electron chi connectivity index (χ2n) is 12.5. The molecule has 0 spiro atoms. The lowest BCUT2D eigenvalue weighted by Gasteiger charge is -2.32. The van der Waals surface area contributed by atoms with Gasteiger partial charge in [-0.05, 0) is 96.4 Å². The number of halogens is 1. The van der Waals surface area contributed by atoms with Crippen molar-refractivity contribution in [1.29, 1.82) is 0 Å². The molecule has 3 heterocycles. The standard InChI is InChI=1S/C21H21N.C19H20FNO3/c1-22-14-12-18(13-15-22)21-19-8-4-2-6-16(19)10-11-17-7-3-5-9-20(17)21;20-15-3-1-13(2-4-15)17-7-8-21-10-14(17)11-22-16-5-6-18-19(9-16)24-12-23-18/h2-11H,12-15H2,1H3;1-6,9,14,17,21H,7-8,10-12H2/t;14-,17-/m.0/s1. The molecule has 4 aromatic rings. The van der Waals surface area contributed by atoms with Gasteiger partial charge in [-0.25, -0.2) is 4.39 Å². The molecule has 1 N–H and O–H groups in total. The molecule has 0 saturated carbocycles. The Balaban J connectivity index is 0.000000147. The summed E-state index contributed by atoms with van der Waals surface area (Å²) in [6, 6.07) is 30.1. The number of hydrogen-bond donors (Lipinski definition) is 1. The van der Waals surface area contributed by atoms with E-state index in [4.69, 9.17) is 14.2 Å². The fourth-order valence-corrected chi connectivity index (χ4v) is 7.00. The lowest BCUT2D eigenvalue weighted by molar-refractivity contribution is 0.173. The molecule has 0 unspecified atom stereocenters. The summed E-state index contributed by atoms with van der Waals surface area (Å²) in [6.45, 7) is 5.06. The molecule has 236 valence electrons. The molecule has 2 fully saturated rings. The van der Waals surface area contributed by atoms with Gasteiger partial charge < -0.3 is 24.4 Å². The van der Waals surface area contributed by atoms with Crippen LogP contribution in [0.5, 0.6) is 17.2 Å². The van der Waals surface area contributed by atoms with Crippen LogP contribution in [0.3, 0.4) is 0 Å². The third-order valence-corrected chi connectivity index (χ3v) is 9.56. The van der Waals surface area contributed by atoms with Gasteiger partial charge in [-0.1, -0.05) is 78.4 Å². The van der Waals surface area contributed by atoms with Crippen molar-refractivity contribution in [3.8, 4) is 17.2 Å². The average molecular weight is 617 g/mol. The zero-order chi connectivity index (χ0) is 31.3. The van der Waals surface area contributed by atoms with Crippen LogP contribution in [0, 0.1) is 11.7 Å². The number of benzene rings is 4. The number of rotatable bonds is 4. The van der Waals surface area contributed by atoms with Crippen LogP contribution in [0.25, 0.3) is 17.7 Å².